The van der Waals surface area contributed by atoms with Crippen molar-refractivity contribution in [2.75, 3.05) is 18.6 Å². The Kier molecular flexibility index (Phi) is 3.01. The number of nitro groups is 1. The first-order valence-corrected chi connectivity index (χ1v) is 6.94. The fourth-order valence-electron chi connectivity index (χ4n) is 1.55. The molecule has 1 aliphatic heterocycles. The van der Waals surface area contributed by atoms with E-state index >= 15 is 0 Å². The lowest BCUT2D eigenvalue weighted by molar-refractivity contribution is -0.385. The molecule has 0 radical (unpaired) electrons. The van der Waals surface area contributed by atoms with E-state index in [1.54, 1.807) is 6.07 Å². The SMILES string of the molecule is COc1ccc(N=S2(=O)CCC2)cc1[N+](=O)[O-]. The van der Waals surface area contributed by atoms with Crippen LogP contribution in [0, 0.1) is 10.1 Å². The van der Waals surface area contributed by atoms with Gasteiger partial charge in [0.2, 0.25) is 0 Å². The summed E-state index contributed by atoms with van der Waals surface area (Å²) in [5.41, 5.74) is 0.221. The lowest BCUT2D eigenvalue weighted by Gasteiger charge is -2.17. The van der Waals surface area contributed by atoms with Crippen molar-refractivity contribution in [2.24, 2.45) is 4.36 Å². The van der Waals surface area contributed by atoms with E-state index in [1.165, 1.54) is 19.2 Å². The summed E-state index contributed by atoms with van der Waals surface area (Å²) in [5.74, 6) is 1.33. The van der Waals surface area contributed by atoms with Crippen molar-refractivity contribution in [2.45, 2.75) is 6.42 Å². The van der Waals surface area contributed by atoms with Crippen molar-refractivity contribution in [1.82, 2.24) is 0 Å². The number of ether oxygens (including phenoxy) is 1. The molecule has 0 aliphatic carbocycles. The maximum atomic E-state index is 11.9. The molecule has 1 aromatic rings. The minimum atomic E-state index is -2.14. The van der Waals surface area contributed by atoms with Crippen molar-refractivity contribution in [3.63, 3.8) is 0 Å². The second-order valence-corrected chi connectivity index (χ2v) is 6.28. The van der Waals surface area contributed by atoms with Crippen LogP contribution in [0.25, 0.3) is 0 Å². The zero-order valence-corrected chi connectivity index (χ0v) is 10.1. The van der Waals surface area contributed by atoms with Gasteiger partial charge in [0.15, 0.2) is 5.75 Å². The molecule has 1 heterocycles. The van der Waals surface area contributed by atoms with Crippen LogP contribution in [0.2, 0.25) is 0 Å². The van der Waals surface area contributed by atoms with Crippen LogP contribution in [-0.4, -0.2) is 27.7 Å². The molecule has 1 saturated heterocycles. The van der Waals surface area contributed by atoms with E-state index in [0.29, 0.717) is 17.2 Å². The van der Waals surface area contributed by atoms with E-state index in [9.17, 15) is 14.3 Å². The van der Waals surface area contributed by atoms with Crippen LogP contribution < -0.4 is 4.74 Å². The summed E-state index contributed by atoms with van der Waals surface area (Å²) in [6, 6.07) is 4.35. The monoisotopic (exact) mass is 256 g/mol. The fourth-order valence-corrected chi connectivity index (χ4v) is 3.02. The van der Waals surface area contributed by atoms with Crippen LogP contribution in [0.5, 0.6) is 5.75 Å². The Balaban J connectivity index is 2.44. The van der Waals surface area contributed by atoms with E-state index in [4.69, 9.17) is 4.74 Å². The van der Waals surface area contributed by atoms with Gasteiger partial charge in [-0.15, -0.1) is 0 Å². The predicted octanol–water partition coefficient (Wildman–Crippen LogP) is 2.11. The molecule has 0 unspecified atom stereocenters. The molecule has 0 saturated carbocycles. The molecule has 17 heavy (non-hydrogen) atoms. The number of nitro benzene ring substituents is 1. The van der Waals surface area contributed by atoms with Gasteiger partial charge in [-0.3, -0.25) is 10.1 Å². The Labute approximate surface area is 98.9 Å². The van der Waals surface area contributed by atoms with Gasteiger partial charge in [-0.1, -0.05) is 0 Å². The van der Waals surface area contributed by atoms with E-state index in [1.807, 2.05) is 0 Å². The molecule has 6 nitrogen and oxygen atoms in total. The van der Waals surface area contributed by atoms with Gasteiger partial charge < -0.3 is 4.74 Å². The predicted molar refractivity (Wildman–Crippen MR) is 64.2 cm³/mol. The summed E-state index contributed by atoms with van der Waals surface area (Å²) in [4.78, 5) is 10.3. The quantitative estimate of drug-likeness (QED) is 0.612. The molecule has 0 bridgehead atoms. The Hall–Kier alpha value is -1.63. The highest BCUT2D eigenvalue weighted by molar-refractivity contribution is 7.95. The molecule has 0 atom stereocenters. The van der Waals surface area contributed by atoms with Gasteiger partial charge in [-0.2, -0.15) is 4.36 Å². The molecule has 92 valence electrons. The third-order valence-corrected chi connectivity index (χ3v) is 4.95. The standard InChI is InChI=1S/C10H12N2O4S/c1-16-10-4-3-8(7-9(10)12(13)14)11-17(15)5-2-6-17/h3-4,7H,2,5-6H2,1H3. The summed E-state index contributed by atoms with van der Waals surface area (Å²) >= 11 is 0. The Morgan fingerprint density at radius 3 is 2.65 bits per heavy atom. The highest BCUT2D eigenvalue weighted by Crippen LogP contribution is 2.32. The number of hydrogen-bond donors (Lipinski definition) is 0. The van der Waals surface area contributed by atoms with Gasteiger partial charge in [-0.05, 0) is 18.6 Å². The van der Waals surface area contributed by atoms with Gasteiger partial charge in [0.25, 0.3) is 0 Å². The van der Waals surface area contributed by atoms with Gasteiger partial charge in [0, 0.05) is 17.6 Å². The van der Waals surface area contributed by atoms with Crippen LogP contribution in [0.1, 0.15) is 6.42 Å². The molecular formula is C10H12N2O4S. The highest BCUT2D eigenvalue weighted by Gasteiger charge is 2.21. The highest BCUT2D eigenvalue weighted by atomic mass is 32.2. The molecule has 0 aromatic heterocycles. The van der Waals surface area contributed by atoms with Gasteiger partial charge in [-0.25, -0.2) is 4.21 Å². The van der Waals surface area contributed by atoms with Crippen molar-refractivity contribution in [1.29, 1.82) is 0 Å². The van der Waals surface area contributed by atoms with E-state index in [2.05, 4.69) is 4.36 Å². The minimum Gasteiger partial charge on any atom is -0.490 e. The normalized spacial score (nSPS) is 17.0. The summed E-state index contributed by atoms with van der Waals surface area (Å²) in [7, 11) is -0.776. The number of methoxy groups -OCH3 is 1. The number of hydrogen-bond acceptors (Lipinski definition) is 5. The van der Waals surface area contributed by atoms with E-state index < -0.39 is 14.7 Å². The molecule has 1 fully saturated rings. The summed E-state index contributed by atoms with van der Waals surface area (Å²) in [5, 5.41) is 10.8. The van der Waals surface area contributed by atoms with Crippen LogP contribution >= 0.6 is 0 Å². The first-order chi connectivity index (χ1) is 8.04. The number of benzene rings is 1. The zero-order valence-electron chi connectivity index (χ0n) is 9.29. The average Bonchev–Trinajstić information content (AvgIpc) is 2.26. The lowest BCUT2D eigenvalue weighted by Crippen LogP contribution is -2.22. The van der Waals surface area contributed by atoms with Crippen LogP contribution in [0.15, 0.2) is 22.6 Å². The van der Waals surface area contributed by atoms with E-state index in [-0.39, 0.29) is 11.4 Å². The second-order valence-electron chi connectivity index (χ2n) is 3.74. The Morgan fingerprint density at radius 1 is 1.47 bits per heavy atom. The summed E-state index contributed by atoms with van der Waals surface area (Å²) in [6.07, 6.45) is 0.903. The Morgan fingerprint density at radius 2 is 2.18 bits per heavy atom. The first-order valence-electron chi connectivity index (χ1n) is 5.09. The second kappa shape index (κ2) is 4.33. The fraction of sp³-hybridized carbons (Fsp3) is 0.400. The topological polar surface area (TPSA) is 81.8 Å². The number of rotatable bonds is 3. The van der Waals surface area contributed by atoms with Crippen LogP contribution in [0.4, 0.5) is 11.4 Å². The molecule has 2 rings (SSSR count). The first kappa shape index (κ1) is 11.8. The molecule has 0 spiro atoms. The molecule has 7 heteroatoms. The van der Waals surface area contributed by atoms with Crippen molar-refractivity contribution < 1.29 is 13.9 Å². The van der Waals surface area contributed by atoms with Crippen molar-refractivity contribution >= 4 is 21.1 Å². The average molecular weight is 256 g/mol. The lowest BCUT2D eigenvalue weighted by atomic mass is 10.2. The van der Waals surface area contributed by atoms with E-state index in [0.717, 1.165) is 6.42 Å². The summed E-state index contributed by atoms with van der Waals surface area (Å²) < 4.78 is 20.8. The van der Waals surface area contributed by atoms with Crippen LogP contribution in [0.3, 0.4) is 0 Å². The zero-order chi connectivity index (χ0) is 12.5. The maximum absolute atomic E-state index is 11.9. The minimum absolute atomic E-state index is 0.156. The third-order valence-electron chi connectivity index (χ3n) is 2.56. The van der Waals surface area contributed by atoms with Gasteiger partial charge in [0.05, 0.1) is 27.4 Å². The summed E-state index contributed by atoms with van der Waals surface area (Å²) in [6.45, 7) is 0. The molecule has 0 N–H and O–H groups in total. The Bertz CT molecular complexity index is 566. The molecular weight excluding hydrogens is 244 g/mol. The molecule has 1 aliphatic rings. The number of nitrogens with zero attached hydrogens (tertiary/aromatic N) is 2. The van der Waals surface area contributed by atoms with Gasteiger partial charge in [0.1, 0.15) is 0 Å². The molecule has 0 amide bonds. The van der Waals surface area contributed by atoms with Crippen LogP contribution in [-0.2, 0) is 9.73 Å². The third kappa shape index (κ3) is 2.38. The van der Waals surface area contributed by atoms with Crippen molar-refractivity contribution in [3.8, 4) is 5.75 Å². The largest absolute Gasteiger partial charge is 0.490 e. The molecule has 1 aromatic carbocycles. The maximum Gasteiger partial charge on any atom is 0.313 e. The van der Waals surface area contributed by atoms with Crippen molar-refractivity contribution in [3.05, 3.63) is 28.3 Å². The smallest absolute Gasteiger partial charge is 0.313 e. The van der Waals surface area contributed by atoms with Gasteiger partial charge >= 0.3 is 5.69 Å².